The van der Waals surface area contributed by atoms with Gasteiger partial charge in [0.1, 0.15) is 0 Å². The molecule has 1 unspecified atom stereocenters. The molecule has 1 aliphatic heterocycles. The van der Waals surface area contributed by atoms with E-state index in [4.69, 9.17) is 0 Å². The van der Waals surface area contributed by atoms with E-state index in [1.807, 2.05) is 16.8 Å². The number of sulfonamides is 1. The lowest BCUT2D eigenvalue weighted by atomic mass is 9.94. The van der Waals surface area contributed by atoms with E-state index in [0.717, 1.165) is 37.9 Å². The summed E-state index contributed by atoms with van der Waals surface area (Å²) in [6.07, 6.45) is 2.69. The lowest BCUT2D eigenvalue weighted by Crippen LogP contribution is -2.39. The molecule has 2 aliphatic rings. The molecule has 9 heteroatoms. The van der Waals surface area contributed by atoms with Gasteiger partial charge in [-0.2, -0.15) is 15.6 Å². The molecule has 1 N–H and O–H groups in total. The zero-order chi connectivity index (χ0) is 19.1. The van der Waals surface area contributed by atoms with E-state index in [1.165, 1.54) is 39.9 Å². The molecule has 4 rings (SSSR count). The van der Waals surface area contributed by atoms with Crippen LogP contribution in [-0.4, -0.2) is 36.8 Å². The summed E-state index contributed by atoms with van der Waals surface area (Å²) in [4.78, 5) is 10.6. The van der Waals surface area contributed by atoms with Crippen molar-refractivity contribution < 1.29 is 13.3 Å². The smallest absolute Gasteiger partial charge is 0.289 e. The van der Waals surface area contributed by atoms with Crippen molar-refractivity contribution in [3.8, 4) is 0 Å². The molecular weight excluding hydrogens is 386 g/mol. The second-order valence-electron chi connectivity index (χ2n) is 7.24. The lowest BCUT2D eigenvalue weighted by molar-refractivity contribution is -0.387. The van der Waals surface area contributed by atoms with Crippen LogP contribution < -0.4 is 5.32 Å². The van der Waals surface area contributed by atoms with Gasteiger partial charge in [-0.15, -0.1) is 0 Å². The summed E-state index contributed by atoms with van der Waals surface area (Å²) in [5, 5.41) is 18.6. The molecule has 1 atom stereocenters. The Hall–Kier alpha value is -1.81. The number of benzene rings is 1. The SMILES string of the molecule is O=[N+]([O-])c1ccccc1S(=O)(=O)N(Cc1ccsc1)C1CC12CCNCC2. The molecule has 27 heavy (non-hydrogen) atoms. The van der Waals surface area contributed by atoms with E-state index in [2.05, 4.69) is 5.32 Å². The highest BCUT2D eigenvalue weighted by atomic mass is 32.2. The first kappa shape index (κ1) is 18.5. The quantitative estimate of drug-likeness (QED) is 0.587. The first-order valence-corrected chi connectivity index (χ1v) is 11.3. The number of nitrogens with one attached hydrogen (secondary N) is 1. The van der Waals surface area contributed by atoms with Crippen molar-refractivity contribution in [3.05, 3.63) is 56.8 Å². The lowest BCUT2D eigenvalue weighted by Gasteiger charge is -2.29. The van der Waals surface area contributed by atoms with Crippen LogP contribution in [0.15, 0.2) is 46.0 Å². The number of thiophene rings is 1. The van der Waals surface area contributed by atoms with Crippen molar-refractivity contribution in [2.75, 3.05) is 13.1 Å². The summed E-state index contributed by atoms with van der Waals surface area (Å²) in [5.74, 6) is 0. The molecule has 1 saturated heterocycles. The van der Waals surface area contributed by atoms with Crippen LogP contribution in [-0.2, 0) is 16.6 Å². The Kier molecular flexibility index (Phi) is 4.79. The standard InChI is InChI=1S/C18H21N3O4S2/c22-21(23)15-3-1-2-4-16(15)27(24,25)20(12-14-5-10-26-13-14)17-11-18(17)6-8-19-9-7-18/h1-5,10,13,17,19H,6-9,11-12H2. The van der Waals surface area contributed by atoms with E-state index in [-0.39, 0.29) is 28.6 Å². The average molecular weight is 408 g/mol. The zero-order valence-corrected chi connectivity index (χ0v) is 16.3. The average Bonchev–Trinajstić information content (AvgIpc) is 3.08. The van der Waals surface area contributed by atoms with E-state index in [0.29, 0.717) is 0 Å². The maximum atomic E-state index is 13.5. The molecule has 0 amide bonds. The monoisotopic (exact) mass is 407 g/mol. The van der Waals surface area contributed by atoms with Crippen molar-refractivity contribution in [2.24, 2.45) is 5.41 Å². The van der Waals surface area contributed by atoms with Gasteiger partial charge in [0.05, 0.1) is 4.92 Å². The Morgan fingerprint density at radius 1 is 1.26 bits per heavy atom. The zero-order valence-electron chi connectivity index (χ0n) is 14.7. The van der Waals surface area contributed by atoms with Crippen LogP contribution in [0.4, 0.5) is 5.69 Å². The minimum atomic E-state index is -3.99. The van der Waals surface area contributed by atoms with Crippen molar-refractivity contribution in [3.63, 3.8) is 0 Å². The number of hydrogen-bond acceptors (Lipinski definition) is 6. The molecule has 1 aliphatic carbocycles. The second-order valence-corrected chi connectivity index (χ2v) is 9.88. The summed E-state index contributed by atoms with van der Waals surface area (Å²) < 4.78 is 28.5. The van der Waals surface area contributed by atoms with Crippen LogP contribution in [0.3, 0.4) is 0 Å². The first-order valence-electron chi connectivity index (χ1n) is 8.91. The van der Waals surface area contributed by atoms with E-state index >= 15 is 0 Å². The van der Waals surface area contributed by atoms with Gasteiger partial charge in [-0.3, -0.25) is 10.1 Å². The van der Waals surface area contributed by atoms with Crippen LogP contribution in [0.1, 0.15) is 24.8 Å². The Labute approximate surface area is 162 Å². The van der Waals surface area contributed by atoms with Gasteiger partial charge in [0.15, 0.2) is 4.90 Å². The van der Waals surface area contributed by atoms with Crippen LogP contribution >= 0.6 is 11.3 Å². The fourth-order valence-electron chi connectivity index (χ4n) is 4.07. The fraction of sp³-hybridized carbons (Fsp3) is 0.444. The van der Waals surface area contributed by atoms with Gasteiger partial charge < -0.3 is 5.32 Å². The summed E-state index contributed by atoms with van der Waals surface area (Å²) >= 11 is 1.52. The summed E-state index contributed by atoms with van der Waals surface area (Å²) in [7, 11) is -3.99. The van der Waals surface area contributed by atoms with E-state index in [1.54, 1.807) is 0 Å². The predicted octanol–water partition coefficient (Wildman–Crippen LogP) is 2.99. The molecule has 0 bridgehead atoms. The van der Waals surface area contributed by atoms with Crippen molar-refractivity contribution in [2.45, 2.75) is 36.7 Å². The first-order chi connectivity index (χ1) is 12.9. The number of nitrogens with zero attached hydrogens (tertiary/aromatic N) is 2. The highest BCUT2D eigenvalue weighted by Crippen LogP contribution is 2.57. The minimum absolute atomic E-state index is 0.00208. The maximum absolute atomic E-state index is 13.5. The van der Waals surface area contributed by atoms with Crippen molar-refractivity contribution in [1.82, 2.24) is 9.62 Å². The highest BCUT2D eigenvalue weighted by Gasteiger charge is 2.59. The van der Waals surface area contributed by atoms with E-state index in [9.17, 15) is 18.5 Å². The number of rotatable bonds is 6. The number of para-hydroxylation sites is 1. The van der Waals surface area contributed by atoms with Crippen LogP contribution in [0.25, 0.3) is 0 Å². The van der Waals surface area contributed by atoms with Crippen molar-refractivity contribution in [1.29, 1.82) is 0 Å². The Balaban J connectivity index is 1.73. The van der Waals surface area contributed by atoms with Crippen LogP contribution in [0, 0.1) is 15.5 Å². The molecule has 2 heterocycles. The van der Waals surface area contributed by atoms with Gasteiger partial charge in [0.25, 0.3) is 5.69 Å². The molecule has 7 nitrogen and oxygen atoms in total. The third-order valence-corrected chi connectivity index (χ3v) is 8.29. The summed E-state index contributed by atoms with van der Waals surface area (Å²) in [5.41, 5.74) is 0.545. The van der Waals surface area contributed by atoms with Crippen LogP contribution in [0.2, 0.25) is 0 Å². The second kappa shape index (κ2) is 6.97. The van der Waals surface area contributed by atoms with Crippen LogP contribution in [0.5, 0.6) is 0 Å². The molecular formula is C18H21N3O4S2. The largest absolute Gasteiger partial charge is 0.317 e. The molecule has 1 saturated carbocycles. The van der Waals surface area contributed by atoms with Gasteiger partial charge in [-0.05, 0) is 66.2 Å². The molecule has 1 aromatic carbocycles. The van der Waals surface area contributed by atoms with Gasteiger partial charge in [0, 0.05) is 18.7 Å². The number of nitro groups is 1. The molecule has 1 spiro atoms. The molecule has 0 radical (unpaired) electrons. The fourth-order valence-corrected chi connectivity index (χ4v) is 6.60. The number of hydrogen-bond donors (Lipinski definition) is 1. The van der Waals surface area contributed by atoms with Gasteiger partial charge in [0.2, 0.25) is 10.0 Å². The van der Waals surface area contributed by atoms with Gasteiger partial charge in [-0.25, -0.2) is 8.42 Å². The Morgan fingerprint density at radius 3 is 2.67 bits per heavy atom. The van der Waals surface area contributed by atoms with Gasteiger partial charge in [-0.1, -0.05) is 12.1 Å². The summed E-state index contributed by atoms with van der Waals surface area (Å²) in [6.45, 7) is 2.01. The molecule has 144 valence electrons. The van der Waals surface area contributed by atoms with Crippen molar-refractivity contribution >= 4 is 27.0 Å². The van der Waals surface area contributed by atoms with Gasteiger partial charge >= 0.3 is 0 Å². The maximum Gasteiger partial charge on any atom is 0.289 e. The number of piperidine rings is 1. The summed E-state index contributed by atoms with van der Waals surface area (Å²) in [6, 6.07) is 7.42. The topological polar surface area (TPSA) is 92.5 Å². The molecule has 2 aromatic rings. The Bertz CT molecular complexity index is 937. The molecule has 1 aromatic heterocycles. The normalized spacial score (nSPS) is 21.4. The molecule has 2 fully saturated rings. The number of nitro benzene ring substituents is 1. The highest BCUT2D eigenvalue weighted by molar-refractivity contribution is 7.89. The predicted molar refractivity (Wildman–Crippen MR) is 103 cm³/mol. The Morgan fingerprint density at radius 2 is 2.00 bits per heavy atom. The van der Waals surface area contributed by atoms with E-state index < -0.39 is 14.9 Å². The minimum Gasteiger partial charge on any atom is -0.317 e. The third-order valence-electron chi connectivity index (χ3n) is 5.66. The third kappa shape index (κ3) is 3.40.